The number of nitrogens with one attached hydrogen (secondary N) is 1. The van der Waals surface area contributed by atoms with Crippen LogP contribution in [0.1, 0.15) is 0 Å². The topological polar surface area (TPSA) is 107 Å². The van der Waals surface area contributed by atoms with Gasteiger partial charge in [0, 0.05) is 12.3 Å². The highest BCUT2D eigenvalue weighted by Gasteiger charge is 2.14. The summed E-state index contributed by atoms with van der Waals surface area (Å²) >= 11 is 0. The van der Waals surface area contributed by atoms with E-state index in [9.17, 15) is 17.2 Å². The third-order valence-corrected chi connectivity index (χ3v) is 4.96. The Morgan fingerprint density at radius 2 is 1.65 bits per heavy atom. The number of para-hydroxylation sites is 1. The van der Waals surface area contributed by atoms with Crippen molar-refractivity contribution in [1.29, 1.82) is 0 Å². The molecule has 31 heavy (non-hydrogen) atoms. The van der Waals surface area contributed by atoms with Crippen molar-refractivity contribution in [3.63, 3.8) is 0 Å². The van der Waals surface area contributed by atoms with Crippen LogP contribution in [0.5, 0.6) is 23.3 Å². The van der Waals surface area contributed by atoms with Crippen LogP contribution < -0.4 is 9.47 Å². The fourth-order valence-electron chi connectivity index (χ4n) is 2.55. The summed E-state index contributed by atoms with van der Waals surface area (Å²) < 4.78 is 61.3. The number of sulfone groups is 1. The number of rotatable bonds is 6. The Bertz CT molecular complexity index is 1320. The summed E-state index contributed by atoms with van der Waals surface area (Å²) in [4.78, 5) is 15.0. The molecule has 1 N–H and O–H groups in total. The Hall–Kier alpha value is -3.86. The van der Waals surface area contributed by atoms with Gasteiger partial charge in [0.25, 0.3) is 0 Å². The lowest BCUT2D eigenvalue weighted by atomic mass is 10.3. The lowest BCUT2D eigenvalue weighted by Gasteiger charge is -2.06. The molecule has 158 valence electrons. The van der Waals surface area contributed by atoms with E-state index in [2.05, 4.69) is 19.9 Å². The molecule has 0 saturated carbocycles. The molecule has 4 rings (SSSR count). The Kier molecular flexibility index (Phi) is 5.34. The second-order valence-corrected chi connectivity index (χ2v) is 8.28. The van der Waals surface area contributed by atoms with Crippen LogP contribution in [-0.4, -0.2) is 34.6 Å². The van der Waals surface area contributed by atoms with E-state index in [4.69, 9.17) is 9.47 Å². The number of hydrogen-bond donors (Lipinski definition) is 1. The number of imidazole rings is 1. The highest BCUT2D eigenvalue weighted by molar-refractivity contribution is 7.90. The molecule has 0 aliphatic rings. The fourth-order valence-corrected chi connectivity index (χ4v) is 3.11. The van der Waals surface area contributed by atoms with Crippen LogP contribution in [0, 0.1) is 11.6 Å². The molecule has 0 spiro atoms. The van der Waals surface area contributed by atoms with Gasteiger partial charge in [-0.3, -0.25) is 0 Å². The average Bonchev–Trinajstić information content (AvgIpc) is 3.20. The number of halogens is 2. The number of ether oxygens (including phenoxy) is 2. The zero-order valence-electron chi connectivity index (χ0n) is 15.9. The molecule has 0 saturated heterocycles. The van der Waals surface area contributed by atoms with Crippen molar-refractivity contribution in [3.8, 4) is 34.8 Å². The Labute approximate surface area is 175 Å². The van der Waals surface area contributed by atoms with Gasteiger partial charge in [0.2, 0.25) is 17.5 Å². The third kappa shape index (κ3) is 4.67. The molecular weight excluding hydrogens is 430 g/mol. The second-order valence-electron chi connectivity index (χ2n) is 6.32. The Morgan fingerprint density at radius 3 is 2.32 bits per heavy atom. The number of benzene rings is 1. The van der Waals surface area contributed by atoms with Crippen molar-refractivity contribution in [2.45, 2.75) is 5.03 Å². The molecule has 0 bridgehead atoms. The summed E-state index contributed by atoms with van der Waals surface area (Å²) in [5.41, 5.74) is 0.377. The number of nitrogens with zero attached hydrogens (tertiary/aromatic N) is 3. The predicted molar refractivity (Wildman–Crippen MR) is 106 cm³/mol. The molecule has 11 heteroatoms. The molecule has 4 aromatic rings. The number of aromatic amines is 1. The standard InChI is InChI=1S/C20H14F2N4O4S/c1-31(27,28)18-9-8-12(10-23-18)29-16-7-3-6-15(25-16)20-24-11-17(26-20)30-19-13(21)4-2-5-14(19)22/h2-11H,1H3,(H,24,26). The van der Waals surface area contributed by atoms with E-state index in [-0.39, 0.29) is 28.4 Å². The van der Waals surface area contributed by atoms with Crippen molar-refractivity contribution in [3.05, 3.63) is 72.6 Å². The van der Waals surface area contributed by atoms with Gasteiger partial charge in [0.05, 0.1) is 12.4 Å². The van der Waals surface area contributed by atoms with E-state index in [1.54, 1.807) is 18.2 Å². The highest BCUT2D eigenvalue weighted by Crippen LogP contribution is 2.28. The Balaban J connectivity index is 1.52. The predicted octanol–water partition coefficient (Wildman–Crippen LogP) is 4.13. The molecule has 0 atom stereocenters. The lowest BCUT2D eigenvalue weighted by molar-refractivity contribution is 0.397. The zero-order chi connectivity index (χ0) is 22.0. The van der Waals surface area contributed by atoms with E-state index >= 15 is 0 Å². The highest BCUT2D eigenvalue weighted by atomic mass is 32.2. The SMILES string of the molecule is CS(=O)(=O)c1ccc(Oc2cccc(-c3ncc(Oc4c(F)cccc4F)[nH]3)n2)cn1. The van der Waals surface area contributed by atoms with Gasteiger partial charge < -0.3 is 14.5 Å². The average molecular weight is 444 g/mol. The first-order chi connectivity index (χ1) is 14.8. The number of pyridine rings is 2. The minimum Gasteiger partial charge on any atom is -0.437 e. The summed E-state index contributed by atoms with van der Waals surface area (Å²) in [6, 6.07) is 11.1. The van der Waals surface area contributed by atoms with Gasteiger partial charge in [-0.1, -0.05) is 12.1 Å². The summed E-state index contributed by atoms with van der Waals surface area (Å²) in [6.45, 7) is 0. The van der Waals surface area contributed by atoms with Gasteiger partial charge >= 0.3 is 0 Å². The van der Waals surface area contributed by atoms with E-state index < -0.39 is 27.2 Å². The van der Waals surface area contributed by atoms with E-state index in [1.807, 2.05) is 0 Å². The molecule has 1 aromatic carbocycles. The molecular formula is C20H14F2N4O4S. The summed E-state index contributed by atoms with van der Waals surface area (Å²) in [5.74, 6) is -1.45. The summed E-state index contributed by atoms with van der Waals surface area (Å²) in [7, 11) is -3.41. The smallest absolute Gasteiger partial charge is 0.219 e. The molecule has 0 aliphatic heterocycles. The maximum absolute atomic E-state index is 13.7. The van der Waals surface area contributed by atoms with Gasteiger partial charge in [-0.15, -0.1) is 0 Å². The van der Waals surface area contributed by atoms with Crippen molar-refractivity contribution in [2.24, 2.45) is 0 Å². The van der Waals surface area contributed by atoms with Crippen molar-refractivity contribution < 1.29 is 26.7 Å². The van der Waals surface area contributed by atoms with Gasteiger partial charge in [0.15, 0.2) is 32.3 Å². The van der Waals surface area contributed by atoms with Crippen LogP contribution in [0.15, 0.2) is 66.0 Å². The van der Waals surface area contributed by atoms with Gasteiger partial charge in [-0.05, 0) is 30.3 Å². The first-order valence-electron chi connectivity index (χ1n) is 8.78. The minimum absolute atomic E-state index is 0.0210. The van der Waals surface area contributed by atoms with Gasteiger partial charge in [0.1, 0.15) is 11.4 Å². The van der Waals surface area contributed by atoms with E-state index in [0.717, 1.165) is 18.4 Å². The van der Waals surface area contributed by atoms with Crippen molar-refractivity contribution in [2.75, 3.05) is 6.26 Å². The second kappa shape index (κ2) is 8.11. The van der Waals surface area contributed by atoms with Crippen LogP contribution in [0.2, 0.25) is 0 Å². The molecule has 0 radical (unpaired) electrons. The minimum atomic E-state index is -3.41. The van der Waals surface area contributed by atoms with E-state index in [1.165, 1.54) is 30.6 Å². The molecule has 0 aliphatic carbocycles. The first-order valence-corrected chi connectivity index (χ1v) is 10.7. The van der Waals surface area contributed by atoms with E-state index in [0.29, 0.717) is 5.69 Å². The lowest BCUT2D eigenvalue weighted by Crippen LogP contribution is -2.00. The molecule has 0 amide bonds. The summed E-state index contributed by atoms with van der Waals surface area (Å²) in [5, 5.41) is -0.0732. The zero-order valence-corrected chi connectivity index (χ0v) is 16.7. The number of hydrogen-bond acceptors (Lipinski definition) is 7. The maximum Gasteiger partial charge on any atom is 0.219 e. The number of aromatic nitrogens is 4. The quantitative estimate of drug-likeness (QED) is 0.476. The molecule has 8 nitrogen and oxygen atoms in total. The van der Waals surface area contributed by atoms with Gasteiger partial charge in [-0.2, -0.15) is 0 Å². The van der Waals surface area contributed by atoms with Crippen LogP contribution in [0.25, 0.3) is 11.5 Å². The largest absolute Gasteiger partial charge is 0.437 e. The van der Waals surface area contributed by atoms with Crippen LogP contribution in [0.3, 0.4) is 0 Å². The van der Waals surface area contributed by atoms with Crippen LogP contribution >= 0.6 is 0 Å². The Morgan fingerprint density at radius 1 is 0.903 bits per heavy atom. The molecule has 3 heterocycles. The van der Waals surface area contributed by atoms with Crippen molar-refractivity contribution >= 4 is 9.84 Å². The van der Waals surface area contributed by atoms with Crippen LogP contribution in [0.4, 0.5) is 8.78 Å². The number of H-pyrrole nitrogens is 1. The molecule has 3 aromatic heterocycles. The molecule has 0 unspecified atom stereocenters. The van der Waals surface area contributed by atoms with Gasteiger partial charge in [-0.25, -0.2) is 32.2 Å². The van der Waals surface area contributed by atoms with Crippen molar-refractivity contribution in [1.82, 2.24) is 19.9 Å². The summed E-state index contributed by atoms with van der Waals surface area (Å²) in [6.07, 6.45) is 3.60. The monoisotopic (exact) mass is 444 g/mol. The maximum atomic E-state index is 13.7. The molecule has 0 fully saturated rings. The normalized spacial score (nSPS) is 11.3. The van der Waals surface area contributed by atoms with Crippen LogP contribution in [-0.2, 0) is 9.84 Å². The first kappa shape index (κ1) is 20.4. The third-order valence-electron chi connectivity index (χ3n) is 3.96. The fraction of sp³-hybridized carbons (Fsp3) is 0.0500.